The Labute approximate surface area is 202 Å². The second-order valence-electron chi connectivity index (χ2n) is 8.41. The second-order valence-corrected chi connectivity index (χ2v) is 8.41. The Morgan fingerprint density at radius 1 is 1.14 bits per heavy atom. The molecule has 1 fully saturated rings. The van der Waals surface area contributed by atoms with Gasteiger partial charge in [0.1, 0.15) is 29.8 Å². The van der Waals surface area contributed by atoms with Gasteiger partial charge in [0.2, 0.25) is 0 Å². The number of aliphatic hydroxyl groups is 1. The third-order valence-corrected chi connectivity index (χ3v) is 5.65. The maximum atomic E-state index is 13.4. The molecule has 1 saturated heterocycles. The van der Waals surface area contributed by atoms with Crippen molar-refractivity contribution >= 4 is 17.4 Å². The maximum Gasteiger partial charge on any atom is 0.255 e. The second kappa shape index (κ2) is 11.9. The van der Waals surface area contributed by atoms with Crippen molar-refractivity contribution < 1.29 is 27.8 Å². The first-order chi connectivity index (χ1) is 17.0. The lowest BCUT2D eigenvalue weighted by molar-refractivity contribution is 0.00605. The van der Waals surface area contributed by atoms with E-state index < -0.39 is 23.6 Å². The van der Waals surface area contributed by atoms with Crippen molar-refractivity contribution in [2.75, 3.05) is 49.5 Å². The number of furan rings is 1. The van der Waals surface area contributed by atoms with Gasteiger partial charge >= 0.3 is 0 Å². The molecule has 8 nitrogen and oxygen atoms in total. The molecule has 0 radical (unpaired) electrons. The number of carbonyl (C=O) groups excluding carboxylic acids is 1. The Morgan fingerprint density at radius 3 is 2.69 bits per heavy atom. The van der Waals surface area contributed by atoms with Crippen LogP contribution in [0.4, 0.5) is 20.3 Å². The zero-order chi connectivity index (χ0) is 24.6. The summed E-state index contributed by atoms with van der Waals surface area (Å²) in [5.41, 5.74) is 0.324. The SMILES string of the molecule is O=C(Nc1ccc(N2CCCN(C[C@H](O)COCc3ccco3)CC2)nc1)c1cc(F)cc(F)c1. The molecule has 1 aliphatic rings. The first kappa shape index (κ1) is 24.8. The molecular weight excluding hydrogens is 458 g/mol. The van der Waals surface area contributed by atoms with Gasteiger partial charge in [-0.3, -0.25) is 9.69 Å². The number of pyridine rings is 1. The monoisotopic (exact) mass is 486 g/mol. The molecule has 0 spiro atoms. The van der Waals surface area contributed by atoms with Crippen molar-refractivity contribution in [3.8, 4) is 0 Å². The molecule has 3 heterocycles. The summed E-state index contributed by atoms with van der Waals surface area (Å²) in [5, 5.41) is 12.9. The van der Waals surface area contributed by atoms with Gasteiger partial charge in [0, 0.05) is 37.8 Å². The van der Waals surface area contributed by atoms with Crippen LogP contribution in [0.25, 0.3) is 0 Å². The normalized spacial score (nSPS) is 15.6. The summed E-state index contributed by atoms with van der Waals surface area (Å²) >= 11 is 0. The van der Waals surface area contributed by atoms with E-state index >= 15 is 0 Å². The highest BCUT2D eigenvalue weighted by molar-refractivity contribution is 6.04. The number of aliphatic hydroxyl groups excluding tert-OH is 1. The van der Waals surface area contributed by atoms with Crippen molar-refractivity contribution in [1.29, 1.82) is 0 Å². The number of nitrogens with zero attached hydrogens (tertiary/aromatic N) is 3. The first-order valence-corrected chi connectivity index (χ1v) is 11.5. The molecule has 2 N–H and O–H groups in total. The van der Waals surface area contributed by atoms with Crippen LogP contribution >= 0.6 is 0 Å². The number of amides is 1. The van der Waals surface area contributed by atoms with Gasteiger partial charge in [-0.1, -0.05) is 0 Å². The van der Waals surface area contributed by atoms with Crippen LogP contribution in [0, 0.1) is 11.6 Å². The summed E-state index contributed by atoms with van der Waals surface area (Å²) in [4.78, 5) is 21.1. The molecule has 3 aromatic rings. The van der Waals surface area contributed by atoms with Crippen LogP contribution < -0.4 is 10.2 Å². The van der Waals surface area contributed by atoms with Crippen LogP contribution in [0.2, 0.25) is 0 Å². The fourth-order valence-corrected chi connectivity index (χ4v) is 3.96. The molecule has 1 aromatic carbocycles. The molecule has 1 aliphatic heterocycles. The topological polar surface area (TPSA) is 91.1 Å². The summed E-state index contributed by atoms with van der Waals surface area (Å²) in [7, 11) is 0. The summed E-state index contributed by atoms with van der Waals surface area (Å²) in [6, 6.07) is 9.80. The Bertz CT molecular complexity index is 1080. The van der Waals surface area contributed by atoms with E-state index in [-0.39, 0.29) is 12.2 Å². The molecule has 0 aliphatic carbocycles. The number of hydrogen-bond donors (Lipinski definition) is 2. The lowest BCUT2D eigenvalue weighted by atomic mass is 10.2. The van der Waals surface area contributed by atoms with Gasteiger partial charge in [-0.15, -0.1) is 0 Å². The van der Waals surface area contributed by atoms with Crippen LogP contribution in [0.15, 0.2) is 59.3 Å². The van der Waals surface area contributed by atoms with Gasteiger partial charge < -0.3 is 24.5 Å². The number of ether oxygens (including phenoxy) is 1. The van der Waals surface area contributed by atoms with Gasteiger partial charge in [-0.2, -0.15) is 0 Å². The number of hydrogen-bond acceptors (Lipinski definition) is 7. The average molecular weight is 487 g/mol. The van der Waals surface area contributed by atoms with Crippen LogP contribution in [-0.2, 0) is 11.3 Å². The minimum Gasteiger partial charge on any atom is -0.467 e. The molecule has 186 valence electrons. The number of halogens is 2. The Kier molecular flexibility index (Phi) is 8.40. The van der Waals surface area contributed by atoms with Gasteiger partial charge in [0.25, 0.3) is 5.91 Å². The van der Waals surface area contributed by atoms with Gasteiger partial charge in [0.05, 0.1) is 30.9 Å². The van der Waals surface area contributed by atoms with Crippen molar-refractivity contribution in [2.45, 2.75) is 19.1 Å². The highest BCUT2D eigenvalue weighted by Crippen LogP contribution is 2.18. The average Bonchev–Trinajstić information content (AvgIpc) is 3.24. The van der Waals surface area contributed by atoms with Crippen molar-refractivity contribution in [1.82, 2.24) is 9.88 Å². The molecule has 1 atom stereocenters. The number of aromatic nitrogens is 1. The number of carbonyl (C=O) groups is 1. The zero-order valence-electron chi connectivity index (χ0n) is 19.2. The van der Waals surface area contributed by atoms with E-state index in [4.69, 9.17) is 9.15 Å². The zero-order valence-corrected chi connectivity index (χ0v) is 19.2. The van der Waals surface area contributed by atoms with Crippen LogP contribution in [0.5, 0.6) is 0 Å². The fraction of sp³-hybridized carbons (Fsp3) is 0.360. The number of anilines is 2. The van der Waals surface area contributed by atoms with E-state index in [1.54, 1.807) is 24.5 Å². The summed E-state index contributed by atoms with van der Waals surface area (Å²) in [5.74, 6) is -0.747. The Hall–Kier alpha value is -3.34. The molecule has 1 amide bonds. The summed E-state index contributed by atoms with van der Waals surface area (Å²) < 4.78 is 37.5. The van der Waals surface area contributed by atoms with Crippen molar-refractivity contribution in [3.63, 3.8) is 0 Å². The predicted molar refractivity (Wildman–Crippen MR) is 126 cm³/mol. The van der Waals surface area contributed by atoms with Crippen molar-refractivity contribution in [3.05, 3.63) is 77.9 Å². The molecule has 35 heavy (non-hydrogen) atoms. The molecular formula is C25H28F2N4O4. The number of β-amino-alcohol motifs (C(OH)–C–C–N with tert-alkyl or cyclic N) is 1. The number of benzene rings is 1. The molecule has 0 saturated carbocycles. The lowest BCUT2D eigenvalue weighted by Gasteiger charge is -2.24. The summed E-state index contributed by atoms with van der Waals surface area (Å²) in [6.07, 6.45) is 3.42. The molecule has 2 aromatic heterocycles. The van der Waals surface area contributed by atoms with E-state index in [9.17, 15) is 18.7 Å². The van der Waals surface area contributed by atoms with E-state index in [0.717, 1.165) is 56.3 Å². The maximum absolute atomic E-state index is 13.4. The Morgan fingerprint density at radius 2 is 1.97 bits per heavy atom. The molecule has 4 rings (SSSR count). The van der Waals surface area contributed by atoms with Crippen LogP contribution in [0.3, 0.4) is 0 Å². The van der Waals surface area contributed by atoms with E-state index in [1.165, 1.54) is 6.20 Å². The fourth-order valence-electron chi connectivity index (χ4n) is 3.96. The van der Waals surface area contributed by atoms with Gasteiger partial charge in [-0.05, 0) is 49.4 Å². The van der Waals surface area contributed by atoms with E-state index in [2.05, 4.69) is 20.1 Å². The molecule has 0 unspecified atom stereocenters. The quantitative estimate of drug-likeness (QED) is 0.480. The minimum atomic E-state index is -0.812. The summed E-state index contributed by atoms with van der Waals surface area (Å²) in [6.45, 7) is 4.25. The third-order valence-electron chi connectivity index (χ3n) is 5.65. The first-order valence-electron chi connectivity index (χ1n) is 11.5. The highest BCUT2D eigenvalue weighted by Gasteiger charge is 2.19. The van der Waals surface area contributed by atoms with Crippen LogP contribution in [-0.4, -0.2) is 66.3 Å². The van der Waals surface area contributed by atoms with Gasteiger partial charge in [0.15, 0.2) is 0 Å². The highest BCUT2D eigenvalue weighted by atomic mass is 19.1. The molecule has 0 bridgehead atoms. The van der Waals surface area contributed by atoms with E-state index in [0.29, 0.717) is 24.9 Å². The molecule has 10 heteroatoms. The lowest BCUT2D eigenvalue weighted by Crippen LogP contribution is -2.37. The largest absolute Gasteiger partial charge is 0.467 e. The van der Waals surface area contributed by atoms with Crippen molar-refractivity contribution in [2.24, 2.45) is 0 Å². The number of rotatable bonds is 9. The Balaban J connectivity index is 1.24. The van der Waals surface area contributed by atoms with Crippen LogP contribution in [0.1, 0.15) is 22.5 Å². The minimum absolute atomic E-state index is 0.104. The smallest absolute Gasteiger partial charge is 0.255 e. The standard InChI is InChI=1S/C25H28F2N4O4/c26-19-11-18(12-20(27)13-19)25(33)29-21-4-5-24(28-14-21)31-7-2-6-30(8-9-31)15-22(32)16-34-17-23-3-1-10-35-23/h1,3-5,10-14,22,32H,2,6-9,15-17H2,(H,29,33)/t22-/m0/s1. The number of nitrogens with one attached hydrogen (secondary N) is 1. The van der Waals surface area contributed by atoms with E-state index in [1.807, 2.05) is 6.07 Å². The van der Waals surface area contributed by atoms with Gasteiger partial charge in [-0.25, -0.2) is 13.8 Å². The predicted octanol–water partition coefficient (Wildman–Crippen LogP) is 3.29. The third kappa shape index (κ3) is 7.32.